The quantitative estimate of drug-likeness (QED) is 0.840. The van der Waals surface area contributed by atoms with Gasteiger partial charge in [0, 0.05) is 23.6 Å². The van der Waals surface area contributed by atoms with Gasteiger partial charge in [0.15, 0.2) is 6.04 Å². The van der Waals surface area contributed by atoms with Gasteiger partial charge in [-0.3, -0.25) is 4.79 Å². The summed E-state index contributed by atoms with van der Waals surface area (Å²) in [7, 11) is 0. The Balaban J connectivity index is 1.83. The summed E-state index contributed by atoms with van der Waals surface area (Å²) in [6, 6.07) is 7.27. The van der Waals surface area contributed by atoms with Crippen LogP contribution in [0.3, 0.4) is 0 Å². The van der Waals surface area contributed by atoms with Crippen molar-refractivity contribution in [1.82, 2.24) is 4.90 Å². The Morgan fingerprint density at radius 3 is 2.76 bits per heavy atom. The molecule has 114 valence electrons. The van der Waals surface area contributed by atoms with Crippen LogP contribution in [0.25, 0.3) is 0 Å². The second-order valence-electron chi connectivity index (χ2n) is 4.93. The fourth-order valence-corrected chi connectivity index (χ4v) is 2.98. The minimum atomic E-state index is -1.01. The third-order valence-electron chi connectivity index (χ3n) is 3.34. The van der Waals surface area contributed by atoms with Gasteiger partial charge in [-0.15, -0.1) is 11.8 Å². The molecule has 1 heterocycles. The van der Waals surface area contributed by atoms with E-state index in [2.05, 4.69) is 0 Å². The SMILES string of the molecule is Cc1ccc(SCCC(=O)N2CCOCC2C(=O)O)cc1. The Morgan fingerprint density at radius 2 is 2.10 bits per heavy atom. The molecule has 1 aliphatic heterocycles. The van der Waals surface area contributed by atoms with E-state index in [0.717, 1.165) is 4.90 Å². The summed E-state index contributed by atoms with van der Waals surface area (Å²) >= 11 is 1.60. The summed E-state index contributed by atoms with van der Waals surface area (Å²) in [5, 5.41) is 9.11. The number of carboxylic acids is 1. The molecule has 5 nitrogen and oxygen atoms in total. The van der Waals surface area contributed by atoms with Crippen LogP contribution in [0.4, 0.5) is 0 Å². The first kappa shape index (κ1) is 15.9. The van der Waals surface area contributed by atoms with Crippen molar-refractivity contribution in [3.8, 4) is 0 Å². The maximum Gasteiger partial charge on any atom is 0.328 e. The molecule has 0 aromatic heterocycles. The Bertz CT molecular complexity index is 503. The molecule has 1 N–H and O–H groups in total. The summed E-state index contributed by atoms with van der Waals surface area (Å²) in [4.78, 5) is 25.8. The molecule has 21 heavy (non-hydrogen) atoms. The highest BCUT2D eigenvalue weighted by molar-refractivity contribution is 7.99. The van der Waals surface area contributed by atoms with E-state index in [1.807, 2.05) is 31.2 Å². The molecule has 1 amide bonds. The zero-order valence-electron chi connectivity index (χ0n) is 11.9. The van der Waals surface area contributed by atoms with Crippen molar-refractivity contribution < 1.29 is 19.4 Å². The number of carbonyl (C=O) groups is 2. The highest BCUT2D eigenvalue weighted by atomic mass is 32.2. The molecular weight excluding hydrogens is 290 g/mol. The number of morpholine rings is 1. The van der Waals surface area contributed by atoms with Crippen molar-refractivity contribution >= 4 is 23.6 Å². The molecule has 1 saturated heterocycles. The molecule has 1 aromatic carbocycles. The van der Waals surface area contributed by atoms with E-state index in [-0.39, 0.29) is 12.5 Å². The number of carbonyl (C=O) groups excluding carboxylic acids is 1. The van der Waals surface area contributed by atoms with Gasteiger partial charge < -0.3 is 14.7 Å². The Morgan fingerprint density at radius 1 is 1.38 bits per heavy atom. The molecule has 0 saturated carbocycles. The maximum atomic E-state index is 12.2. The third-order valence-corrected chi connectivity index (χ3v) is 4.35. The summed E-state index contributed by atoms with van der Waals surface area (Å²) in [6.45, 7) is 2.86. The molecule has 1 aromatic rings. The van der Waals surface area contributed by atoms with Crippen LogP contribution in [0.5, 0.6) is 0 Å². The molecule has 6 heteroatoms. The number of amides is 1. The van der Waals surface area contributed by atoms with E-state index in [9.17, 15) is 9.59 Å². The van der Waals surface area contributed by atoms with Gasteiger partial charge in [-0.25, -0.2) is 4.79 Å². The van der Waals surface area contributed by atoms with Gasteiger partial charge in [0.2, 0.25) is 5.91 Å². The van der Waals surface area contributed by atoms with E-state index in [1.165, 1.54) is 10.5 Å². The van der Waals surface area contributed by atoms with Crippen LogP contribution in [0.15, 0.2) is 29.2 Å². The fourth-order valence-electron chi connectivity index (χ4n) is 2.14. The number of aryl methyl sites for hydroxylation is 1. The lowest BCUT2D eigenvalue weighted by Gasteiger charge is -2.32. The van der Waals surface area contributed by atoms with Gasteiger partial charge in [-0.2, -0.15) is 0 Å². The predicted molar refractivity (Wildman–Crippen MR) is 80.5 cm³/mol. The number of benzene rings is 1. The highest BCUT2D eigenvalue weighted by Crippen LogP contribution is 2.20. The lowest BCUT2D eigenvalue weighted by molar-refractivity contribution is -0.158. The van der Waals surface area contributed by atoms with Gasteiger partial charge in [0.25, 0.3) is 0 Å². The lowest BCUT2D eigenvalue weighted by atomic mass is 10.2. The molecule has 2 rings (SSSR count). The Hall–Kier alpha value is -1.53. The Kier molecular flexibility index (Phi) is 5.64. The summed E-state index contributed by atoms with van der Waals surface area (Å²) in [6.07, 6.45) is 0.336. The summed E-state index contributed by atoms with van der Waals surface area (Å²) in [5.74, 6) is -0.481. The molecule has 0 aliphatic carbocycles. The minimum absolute atomic E-state index is 0.0756. The standard InChI is InChI=1S/C15H19NO4S/c1-11-2-4-12(5-3-11)21-9-6-14(17)16-7-8-20-10-13(16)15(18)19/h2-5,13H,6-10H2,1H3,(H,18,19). The normalized spacial score (nSPS) is 18.5. The number of nitrogens with zero attached hydrogens (tertiary/aromatic N) is 1. The number of rotatable bonds is 5. The van der Waals surface area contributed by atoms with Crippen LogP contribution >= 0.6 is 11.8 Å². The van der Waals surface area contributed by atoms with Gasteiger partial charge >= 0.3 is 5.97 Å². The van der Waals surface area contributed by atoms with E-state index >= 15 is 0 Å². The first-order chi connectivity index (χ1) is 10.1. The zero-order chi connectivity index (χ0) is 15.2. The third kappa shape index (κ3) is 4.47. The fraction of sp³-hybridized carbons (Fsp3) is 0.467. The molecule has 0 spiro atoms. The van der Waals surface area contributed by atoms with Crippen molar-refractivity contribution in [3.05, 3.63) is 29.8 Å². The number of aliphatic carboxylic acids is 1. The molecule has 1 aliphatic rings. The van der Waals surface area contributed by atoms with Crippen LogP contribution in [0.2, 0.25) is 0 Å². The van der Waals surface area contributed by atoms with E-state index in [0.29, 0.717) is 25.3 Å². The first-order valence-electron chi connectivity index (χ1n) is 6.87. The van der Waals surface area contributed by atoms with Crippen LogP contribution in [-0.2, 0) is 14.3 Å². The topological polar surface area (TPSA) is 66.8 Å². The van der Waals surface area contributed by atoms with Gasteiger partial charge in [-0.1, -0.05) is 17.7 Å². The summed E-state index contributed by atoms with van der Waals surface area (Å²) in [5.41, 5.74) is 1.20. The number of thioether (sulfide) groups is 1. The average Bonchev–Trinajstić information content (AvgIpc) is 2.49. The van der Waals surface area contributed by atoms with Crippen molar-refractivity contribution in [3.63, 3.8) is 0 Å². The maximum absolute atomic E-state index is 12.2. The van der Waals surface area contributed by atoms with E-state index in [4.69, 9.17) is 9.84 Å². The average molecular weight is 309 g/mol. The van der Waals surface area contributed by atoms with E-state index in [1.54, 1.807) is 11.8 Å². The number of ether oxygens (including phenoxy) is 1. The van der Waals surface area contributed by atoms with Crippen molar-refractivity contribution in [2.24, 2.45) is 0 Å². The van der Waals surface area contributed by atoms with Crippen LogP contribution in [0.1, 0.15) is 12.0 Å². The van der Waals surface area contributed by atoms with Crippen LogP contribution in [-0.4, -0.2) is 53.4 Å². The molecule has 0 radical (unpaired) electrons. The molecule has 1 unspecified atom stereocenters. The van der Waals surface area contributed by atoms with Crippen LogP contribution < -0.4 is 0 Å². The predicted octanol–water partition coefficient (Wildman–Crippen LogP) is 1.79. The Labute approximate surface area is 128 Å². The molecule has 1 fully saturated rings. The monoisotopic (exact) mass is 309 g/mol. The van der Waals surface area contributed by atoms with Crippen molar-refractivity contribution in [2.75, 3.05) is 25.5 Å². The largest absolute Gasteiger partial charge is 0.480 e. The smallest absolute Gasteiger partial charge is 0.328 e. The number of carboxylic acid groups (broad SMARTS) is 1. The van der Waals surface area contributed by atoms with Gasteiger partial charge in [0.05, 0.1) is 13.2 Å². The van der Waals surface area contributed by atoms with Crippen molar-refractivity contribution in [1.29, 1.82) is 0 Å². The summed E-state index contributed by atoms with van der Waals surface area (Å²) < 4.78 is 5.13. The molecule has 0 bridgehead atoms. The molecular formula is C15H19NO4S. The van der Waals surface area contributed by atoms with Crippen LogP contribution in [0, 0.1) is 6.92 Å². The highest BCUT2D eigenvalue weighted by Gasteiger charge is 2.32. The number of hydrogen-bond acceptors (Lipinski definition) is 4. The zero-order valence-corrected chi connectivity index (χ0v) is 12.8. The number of hydrogen-bond donors (Lipinski definition) is 1. The van der Waals surface area contributed by atoms with Gasteiger partial charge in [0.1, 0.15) is 0 Å². The molecule has 1 atom stereocenters. The lowest BCUT2D eigenvalue weighted by Crippen LogP contribution is -2.52. The first-order valence-corrected chi connectivity index (χ1v) is 7.86. The second-order valence-corrected chi connectivity index (χ2v) is 6.10. The van der Waals surface area contributed by atoms with E-state index < -0.39 is 12.0 Å². The minimum Gasteiger partial charge on any atom is -0.480 e. The van der Waals surface area contributed by atoms with Crippen molar-refractivity contribution in [2.45, 2.75) is 24.3 Å². The second kappa shape index (κ2) is 7.47. The van der Waals surface area contributed by atoms with Gasteiger partial charge in [-0.05, 0) is 19.1 Å².